The van der Waals surface area contributed by atoms with Crippen LogP contribution in [-0.2, 0) is 13.1 Å². The number of fused-ring (bicyclic) bond motifs is 4. The molecule has 0 saturated carbocycles. The molecule has 5 rings (SSSR count). The van der Waals surface area contributed by atoms with Crippen molar-refractivity contribution in [2.45, 2.75) is 58.5 Å². The van der Waals surface area contributed by atoms with Crippen LogP contribution in [0.2, 0.25) is 0 Å². The first-order valence-electron chi connectivity index (χ1n) is 11.5. The van der Waals surface area contributed by atoms with Crippen LogP contribution in [0, 0.1) is 19.8 Å². The lowest BCUT2D eigenvalue weighted by Crippen LogP contribution is -2.50. The zero-order valence-electron chi connectivity index (χ0n) is 18.5. The van der Waals surface area contributed by atoms with E-state index in [1.165, 1.54) is 25.6 Å². The minimum atomic E-state index is 0.0165. The van der Waals surface area contributed by atoms with Crippen LogP contribution in [0.4, 0.5) is 0 Å². The van der Waals surface area contributed by atoms with Crippen molar-refractivity contribution in [1.29, 1.82) is 0 Å². The van der Waals surface area contributed by atoms with Crippen LogP contribution >= 0.6 is 0 Å². The Morgan fingerprint density at radius 3 is 2.52 bits per heavy atom. The number of hydrogen-bond acceptors (Lipinski definition) is 5. The van der Waals surface area contributed by atoms with E-state index in [1.807, 2.05) is 29.4 Å². The number of nitrogens with zero attached hydrogens (tertiary/aromatic N) is 5. The van der Waals surface area contributed by atoms with Gasteiger partial charge in [-0.05, 0) is 58.2 Å². The van der Waals surface area contributed by atoms with Crippen molar-refractivity contribution in [1.82, 2.24) is 24.3 Å². The van der Waals surface area contributed by atoms with Crippen LogP contribution in [0.1, 0.15) is 64.6 Å². The Labute approximate surface area is 183 Å². The predicted molar refractivity (Wildman–Crippen MR) is 118 cm³/mol. The van der Waals surface area contributed by atoms with Crippen molar-refractivity contribution >= 4 is 5.91 Å². The summed E-state index contributed by atoms with van der Waals surface area (Å²) in [5, 5.41) is 0. The molecule has 0 aromatic carbocycles. The molecule has 7 nitrogen and oxygen atoms in total. The summed E-state index contributed by atoms with van der Waals surface area (Å²) in [5.74, 6) is 0.532. The van der Waals surface area contributed by atoms with Crippen molar-refractivity contribution in [3.8, 4) is 0 Å². The van der Waals surface area contributed by atoms with Gasteiger partial charge in [0.1, 0.15) is 6.33 Å². The third kappa shape index (κ3) is 3.80. The normalized spacial score (nSPS) is 23.5. The van der Waals surface area contributed by atoms with Crippen LogP contribution in [0.5, 0.6) is 0 Å². The molecule has 2 atom stereocenters. The van der Waals surface area contributed by atoms with Gasteiger partial charge in [0.25, 0.3) is 11.5 Å². The lowest BCUT2D eigenvalue weighted by atomic mass is 9.82. The second-order valence-corrected chi connectivity index (χ2v) is 9.46. The van der Waals surface area contributed by atoms with Crippen LogP contribution < -0.4 is 5.56 Å². The second-order valence-electron chi connectivity index (χ2n) is 9.46. The van der Waals surface area contributed by atoms with Gasteiger partial charge in [0.05, 0.1) is 17.0 Å². The third-order valence-corrected chi connectivity index (χ3v) is 7.25. The highest BCUT2D eigenvalue weighted by Gasteiger charge is 2.37. The van der Waals surface area contributed by atoms with E-state index in [4.69, 9.17) is 0 Å². The van der Waals surface area contributed by atoms with Gasteiger partial charge in [0.2, 0.25) is 0 Å². The molecule has 2 aromatic heterocycles. The average Bonchev–Trinajstić information content (AvgIpc) is 2.76. The van der Waals surface area contributed by atoms with Gasteiger partial charge in [-0.3, -0.25) is 14.5 Å². The van der Waals surface area contributed by atoms with Crippen LogP contribution in [-0.4, -0.2) is 56.4 Å². The SMILES string of the molecule is Cc1ncnc(C)c1C(=O)N1C[C@@H]2C[C@H](C1)c1ccc(CN3CCCCC3)c(=O)n1C2. The number of hydrogen-bond donors (Lipinski definition) is 0. The maximum absolute atomic E-state index is 13.3. The molecule has 164 valence electrons. The molecule has 0 N–H and O–H groups in total. The molecule has 2 saturated heterocycles. The van der Waals surface area contributed by atoms with Crippen LogP contribution in [0.15, 0.2) is 23.3 Å². The van der Waals surface area contributed by atoms with Gasteiger partial charge in [-0.25, -0.2) is 9.97 Å². The number of carbonyl (C=O) groups excluding carboxylic acids is 1. The van der Waals surface area contributed by atoms with E-state index in [0.29, 0.717) is 31.1 Å². The fourth-order valence-electron chi connectivity index (χ4n) is 5.70. The molecule has 0 spiro atoms. The Kier molecular flexibility index (Phi) is 5.38. The number of rotatable bonds is 3. The van der Waals surface area contributed by atoms with E-state index in [9.17, 15) is 9.59 Å². The Hall–Kier alpha value is -2.54. The van der Waals surface area contributed by atoms with Crippen molar-refractivity contribution in [2.75, 3.05) is 26.2 Å². The summed E-state index contributed by atoms with van der Waals surface area (Å²) in [4.78, 5) is 39.4. The number of aromatic nitrogens is 3. The van der Waals surface area contributed by atoms with Gasteiger partial charge in [-0.2, -0.15) is 0 Å². The first-order valence-corrected chi connectivity index (χ1v) is 11.5. The number of likely N-dealkylation sites (tertiary alicyclic amines) is 2. The first kappa shape index (κ1) is 20.4. The predicted octanol–water partition coefficient (Wildman–Crippen LogP) is 2.50. The molecule has 3 aliphatic heterocycles. The van der Waals surface area contributed by atoms with Crippen LogP contribution in [0.25, 0.3) is 0 Å². The minimum Gasteiger partial charge on any atom is -0.338 e. The van der Waals surface area contributed by atoms with Crippen molar-refractivity contribution < 1.29 is 4.79 Å². The number of aryl methyl sites for hydroxylation is 2. The maximum Gasteiger partial charge on any atom is 0.257 e. The highest BCUT2D eigenvalue weighted by atomic mass is 16.2. The van der Waals surface area contributed by atoms with Gasteiger partial charge >= 0.3 is 0 Å². The molecule has 0 radical (unpaired) electrons. The molecule has 7 heteroatoms. The van der Waals surface area contributed by atoms with E-state index < -0.39 is 0 Å². The summed E-state index contributed by atoms with van der Waals surface area (Å²) in [6, 6.07) is 4.17. The number of piperidine rings is 2. The summed E-state index contributed by atoms with van der Waals surface area (Å²) < 4.78 is 2.00. The van der Waals surface area contributed by atoms with Crippen molar-refractivity contribution in [2.24, 2.45) is 5.92 Å². The number of carbonyl (C=O) groups is 1. The summed E-state index contributed by atoms with van der Waals surface area (Å²) in [5.41, 5.74) is 4.24. The summed E-state index contributed by atoms with van der Waals surface area (Å²) in [6.07, 6.45) is 6.30. The van der Waals surface area contributed by atoms with Crippen molar-refractivity contribution in [3.63, 3.8) is 0 Å². The Balaban J connectivity index is 1.39. The molecule has 31 heavy (non-hydrogen) atoms. The van der Waals surface area contributed by atoms with Crippen LogP contribution in [0.3, 0.4) is 0 Å². The van der Waals surface area contributed by atoms with Gasteiger partial charge in [0, 0.05) is 43.4 Å². The van der Waals surface area contributed by atoms with Gasteiger partial charge in [-0.1, -0.05) is 12.5 Å². The smallest absolute Gasteiger partial charge is 0.257 e. The summed E-state index contributed by atoms with van der Waals surface area (Å²) in [7, 11) is 0. The third-order valence-electron chi connectivity index (χ3n) is 7.25. The van der Waals surface area contributed by atoms with Crippen molar-refractivity contribution in [3.05, 3.63) is 57.0 Å². The van der Waals surface area contributed by atoms with Gasteiger partial charge < -0.3 is 9.47 Å². The Morgan fingerprint density at radius 2 is 1.77 bits per heavy atom. The van der Waals surface area contributed by atoms with Gasteiger partial charge in [0.15, 0.2) is 0 Å². The van der Waals surface area contributed by atoms with E-state index in [2.05, 4.69) is 20.9 Å². The molecule has 2 bridgehead atoms. The van der Waals surface area contributed by atoms with E-state index >= 15 is 0 Å². The Bertz CT molecular complexity index is 1040. The summed E-state index contributed by atoms with van der Waals surface area (Å²) >= 11 is 0. The standard InChI is InChI=1S/C24H31N5O2/c1-16-22(17(2)26-15-25-16)24(31)28-11-18-10-20(14-28)21-7-6-19(23(30)29(21)12-18)13-27-8-4-3-5-9-27/h6-7,15,18,20H,3-5,8-14H2,1-2H3/t18-,20+/m0/s1. The first-order chi connectivity index (χ1) is 15.0. The maximum atomic E-state index is 13.3. The quantitative estimate of drug-likeness (QED) is 0.762. The van der Waals surface area contributed by atoms with Gasteiger partial charge in [-0.15, -0.1) is 0 Å². The zero-order chi connectivity index (χ0) is 21.5. The topological polar surface area (TPSA) is 71.3 Å². The molecule has 0 unspecified atom stereocenters. The molecule has 2 fully saturated rings. The lowest BCUT2D eigenvalue weighted by molar-refractivity contribution is 0.0591. The lowest BCUT2D eigenvalue weighted by Gasteiger charge is -2.43. The Morgan fingerprint density at radius 1 is 1.03 bits per heavy atom. The van der Waals surface area contributed by atoms with E-state index in [0.717, 1.165) is 48.7 Å². The highest BCUT2D eigenvalue weighted by Crippen LogP contribution is 2.36. The highest BCUT2D eigenvalue weighted by molar-refractivity contribution is 5.96. The van der Waals surface area contributed by atoms with E-state index in [-0.39, 0.29) is 17.4 Å². The molecule has 3 aliphatic rings. The molecular formula is C24H31N5O2. The second kappa shape index (κ2) is 8.19. The molecule has 5 heterocycles. The number of amides is 1. The molecule has 1 amide bonds. The molecule has 2 aromatic rings. The minimum absolute atomic E-state index is 0.0165. The summed E-state index contributed by atoms with van der Waals surface area (Å²) in [6.45, 7) is 8.70. The molecular weight excluding hydrogens is 390 g/mol. The number of pyridine rings is 1. The monoisotopic (exact) mass is 421 g/mol. The fourth-order valence-corrected chi connectivity index (χ4v) is 5.70. The van der Waals surface area contributed by atoms with E-state index in [1.54, 1.807) is 0 Å². The fraction of sp³-hybridized carbons (Fsp3) is 0.583. The molecule has 0 aliphatic carbocycles. The zero-order valence-corrected chi connectivity index (χ0v) is 18.5. The largest absolute Gasteiger partial charge is 0.338 e. The average molecular weight is 422 g/mol.